The Hall–Kier alpha value is -1.39. The van der Waals surface area contributed by atoms with E-state index in [1.54, 1.807) is 0 Å². The number of nitrogens with one attached hydrogen (secondary N) is 2. The predicted molar refractivity (Wildman–Crippen MR) is 82.8 cm³/mol. The highest BCUT2D eigenvalue weighted by Gasteiger charge is 2.53. The van der Waals surface area contributed by atoms with Crippen LogP contribution >= 0.6 is 15.9 Å². The van der Waals surface area contributed by atoms with Crippen molar-refractivity contribution in [2.24, 2.45) is 11.8 Å². The van der Waals surface area contributed by atoms with Gasteiger partial charge in [-0.05, 0) is 46.9 Å². The van der Waals surface area contributed by atoms with E-state index in [1.807, 2.05) is 30.3 Å². The minimum absolute atomic E-state index is 0.0502. The zero-order chi connectivity index (χ0) is 13.7. The maximum atomic E-state index is 12.3. The normalized spacial score (nSPS) is 27.4. The van der Waals surface area contributed by atoms with Crippen LogP contribution in [0.1, 0.15) is 10.4 Å². The lowest BCUT2D eigenvalue weighted by atomic mass is 10.1. The molecule has 102 valence electrons. The maximum absolute atomic E-state index is 12.3. The van der Waals surface area contributed by atoms with Gasteiger partial charge in [0.15, 0.2) is 0 Å². The zero-order valence-corrected chi connectivity index (χ0v) is 12.5. The summed E-state index contributed by atoms with van der Waals surface area (Å²) in [7, 11) is 0. The molecule has 4 rings (SSSR count). The van der Waals surface area contributed by atoms with Gasteiger partial charge in [0.1, 0.15) is 0 Å². The molecule has 0 radical (unpaired) electrons. The van der Waals surface area contributed by atoms with Crippen LogP contribution in [0.25, 0.3) is 10.8 Å². The molecule has 2 unspecified atom stereocenters. The smallest absolute Gasteiger partial charge is 0.251 e. The van der Waals surface area contributed by atoms with Gasteiger partial charge in [0, 0.05) is 29.2 Å². The first kappa shape index (κ1) is 12.4. The van der Waals surface area contributed by atoms with Crippen molar-refractivity contribution in [3.8, 4) is 0 Å². The van der Waals surface area contributed by atoms with E-state index in [-0.39, 0.29) is 5.91 Å². The van der Waals surface area contributed by atoms with Crippen LogP contribution in [0.2, 0.25) is 0 Å². The van der Waals surface area contributed by atoms with E-state index in [9.17, 15) is 4.79 Å². The Labute approximate surface area is 125 Å². The molecule has 1 saturated carbocycles. The van der Waals surface area contributed by atoms with Crippen LogP contribution in [0.3, 0.4) is 0 Å². The SMILES string of the molecule is O=C(NC1C2CNCC21)c1ccc2cc(Br)ccc2c1. The molecule has 1 aliphatic carbocycles. The maximum Gasteiger partial charge on any atom is 0.251 e. The van der Waals surface area contributed by atoms with Crippen molar-refractivity contribution in [2.45, 2.75) is 6.04 Å². The summed E-state index contributed by atoms with van der Waals surface area (Å²) in [5.74, 6) is 1.35. The first-order valence-corrected chi connectivity index (χ1v) is 7.72. The van der Waals surface area contributed by atoms with Crippen molar-refractivity contribution in [1.29, 1.82) is 0 Å². The third-order valence-electron chi connectivity index (χ3n) is 4.45. The molecular formula is C16H15BrN2O. The summed E-state index contributed by atoms with van der Waals surface area (Å²) < 4.78 is 1.06. The lowest BCUT2D eigenvalue weighted by Gasteiger charge is -2.08. The van der Waals surface area contributed by atoms with Gasteiger partial charge < -0.3 is 10.6 Å². The monoisotopic (exact) mass is 330 g/mol. The number of hydrogen-bond acceptors (Lipinski definition) is 2. The molecule has 1 aliphatic heterocycles. The van der Waals surface area contributed by atoms with Gasteiger partial charge in [-0.15, -0.1) is 0 Å². The molecule has 4 heteroatoms. The number of halogens is 1. The third kappa shape index (κ3) is 2.03. The molecule has 3 nitrogen and oxygen atoms in total. The first-order chi connectivity index (χ1) is 9.72. The summed E-state index contributed by atoms with van der Waals surface area (Å²) in [5.41, 5.74) is 0.748. The molecule has 2 aromatic carbocycles. The Bertz CT molecular complexity index is 690. The van der Waals surface area contributed by atoms with Crippen LogP contribution in [0.15, 0.2) is 40.9 Å². The molecule has 20 heavy (non-hydrogen) atoms. The number of benzene rings is 2. The molecule has 2 aromatic rings. The fourth-order valence-electron chi connectivity index (χ4n) is 3.22. The molecule has 1 saturated heterocycles. The molecule has 2 fully saturated rings. The van der Waals surface area contributed by atoms with Gasteiger partial charge in [-0.3, -0.25) is 4.79 Å². The molecule has 0 spiro atoms. The summed E-state index contributed by atoms with van der Waals surface area (Å²) >= 11 is 3.46. The fourth-order valence-corrected chi connectivity index (χ4v) is 3.60. The Morgan fingerprint density at radius 2 is 1.80 bits per heavy atom. The van der Waals surface area contributed by atoms with Gasteiger partial charge >= 0.3 is 0 Å². The highest BCUT2D eigenvalue weighted by molar-refractivity contribution is 9.10. The molecule has 2 N–H and O–H groups in total. The number of fused-ring (bicyclic) bond motifs is 2. The highest BCUT2D eigenvalue weighted by atomic mass is 79.9. The van der Waals surface area contributed by atoms with E-state index >= 15 is 0 Å². The summed E-state index contributed by atoms with van der Waals surface area (Å²) in [6, 6.07) is 12.4. The van der Waals surface area contributed by atoms with Crippen molar-refractivity contribution in [1.82, 2.24) is 10.6 Å². The van der Waals surface area contributed by atoms with E-state index in [0.717, 1.165) is 33.9 Å². The molecule has 1 heterocycles. The number of carbonyl (C=O) groups excluding carboxylic acids is 1. The first-order valence-electron chi connectivity index (χ1n) is 6.93. The predicted octanol–water partition coefficient (Wildman–Crippen LogP) is 2.55. The minimum atomic E-state index is 0.0502. The summed E-state index contributed by atoms with van der Waals surface area (Å²) in [5, 5.41) is 8.74. The molecule has 2 aliphatic rings. The summed E-state index contributed by atoms with van der Waals surface area (Å²) in [6.07, 6.45) is 0. The molecule has 0 aromatic heterocycles. The number of piperidine rings is 1. The standard InChI is InChI=1S/C16H15BrN2O/c17-12-4-3-9-5-11(2-1-10(9)6-12)16(20)19-15-13-7-18-8-14(13)15/h1-6,13-15,18H,7-8H2,(H,19,20). The van der Waals surface area contributed by atoms with Crippen molar-refractivity contribution in [3.63, 3.8) is 0 Å². The lowest BCUT2D eigenvalue weighted by molar-refractivity contribution is 0.0946. The average molecular weight is 331 g/mol. The van der Waals surface area contributed by atoms with Gasteiger partial charge in [-0.2, -0.15) is 0 Å². The number of rotatable bonds is 2. The quantitative estimate of drug-likeness (QED) is 0.888. The second-order valence-corrected chi connectivity index (χ2v) is 6.61. The van der Waals surface area contributed by atoms with E-state index < -0.39 is 0 Å². The summed E-state index contributed by atoms with van der Waals surface area (Å²) in [4.78, 5) is 12.3. The molecule has 2 atom stereocenters. The molecule has 0 bridgehead atoms. The summed E-state index contributed by atoms with van der Waals surface area (Å²) in [6.45, 7) is 2.09. The van der Waals surface area contributed by atoms with Crippen molar-refractivity contribution in [3.05, 3.63) is 46.4 Å². The Morgan fingerprint density at radius 3 is 2.60 bits per heavy atom. The fraction of sp³-hybridized carbons (Fsp3) is 0.312. The molecule has 1 amide bonds. The van der Waals surface area contributed by atoms with Crippen molar-refractivity contribution in [2.75, 3.05) is 13.1 Å². The van der Waals surface area contributed by atoms with Crippen LogP contribution in [0.4, 0.5) is 0 Å². The van der Waals surface area contributed by atoms with Gasteiger partial charge in [-0.1, -0.05) is 28.1 Å². The van der Waals surface area contributed by atoms with Crippen LogP contribution in [-0.4, -0.2) is 25.0 Å². The Balaban J connectivity index is 1.55. The molecular weight excluding hydrogens is 316 g/mol. The Kier molecular flexibility index (Phi) is 2.82. The lowest BCUT2D eigenvalue weighted by Crippen LogP contribution is -2.32. The van der Waals surface area contributed by atoms with E-state index in [4.69, 9.17) is 0 Å². The van der Waals surface area contributed by atoms with Crippen molar-refractivity contribution >= 4 is 32.6 Å². The van der Waals surface area contributed by atoms with E-state index in [2.05, 4.69) is 32.6 Å². The van der Waals surface area contributed by atoms with Gasteiger partial charge in [0.05, 0.1) is 0 Å². The zero-order valence-electron chi connectivity index (χ0n) is 10.9. The highest BCUT2D eigenvalue weighted by Crippen LogP contribution is 2.41. The van der Waals surface area contributed by atoms with Crippen LogP contribution in [-0.2, 0) is 0 Å². The van der Waals surface area contributed by atoms with Gasteiger partial charge in [0.25, 0.3) is 5.91 Å². The number of amides is 1. The third-order valence-corrected chi connectivity index (χ3v) is 4.95. The largest absolute Gasteiger partial charge is 0.349 e. The average Bonchev–Trinajstić information content (AvgIpc) is 2.87. The number of hydrogen-bond donors (Lipinski definition) is 2. The topological polar surface area (TPSA) is 41.1 Å². The number of carbonyl (C=O) groups is 1. The van der Waals surface area contributed by atoms with Gasteiger partial charge in [-0.25, -0.2) is 0 Å². The van der Waals surface area contributed by atoms with Crippen molar-refractivity contribution < 1.29 is 4.79 Å². The second-order valence-electron chi connectivity index (χ2n) is 5.69. The minimum Gasteiger partial charge on any atom is -0.349 e. The Morgan fingerprint density at radius 1 is 1.10 bits per heavy atom. The second kappa shape index (κ2) is 4.57. The van der Waals surface area contributed by atoms with E-state index in [0.29, 0.717) is 17.9 Å². The van der Waals surface area contributed by atoms with Crippen LogP contribution in [0.5, 0.6) is 0 Å². The van der Waals surface area contributed by atoms with Crippen LogP contribution in [0, 0.1) is 11.8 Å². The van der Waals surface area contributed by atoms with Crippen LogP contribution < -0.4 is 10.6 Å². The van der Waals surface area contributed by atoms with E-state index in [1.165, 1.54) is 0 Å². The van der Waals surface area contributed by atoms with Gasteiger partial charge in [0.2, 0.25) is 0 Å².